The number of hydrogen-bond donors (Lipinski definition) is 1. The van der Waals surface area contributed by atoms with Crippen molar-refractivity contribution in [2.24, 2.45) is 0 Å². The summed E-state index contributed by atoms with van der Waals surface area (Å²) in [4.78, 5) is 26.8. The Labute approximate surface area is 191 Å². The largest absolute Gasteiger partial charge is 0.354 e. The lowest BCUT2D eigenvalue weighted by Crippen LogP contribution is -2.43. The van der Waals surface area contributed by atoms with Crippen molar-refractivity contribution in [3.05, 3.63) is 25.3 Å². The van der Waals surface area contributed by atoms with Crippen LogP contribution in [0.2, 0.25) is 0 Å². The molecule has 0 saturated carbocycles. The van der Waals surface area contributed by atoms with Gasteiger partial charge in [0.25, 0.3) is 0 Å². The van der Waals surface area contributed by atoms with Crippen molar-refractivity contribution in [2.45, 2.75) is 122 Å². The van der Waals surface area contributed by atoms with Crippen molar-refractivity contribution < 1.29 is 9.59 Å². The van der Waals surface area contributed by atoms with Crippen LogP contribution in [0.4, 0.5) is 0 Å². The van der Waals surface area contributed by atoms with Gasteiger partial charge in [-0.1, -0.05) is 63.5 Å². The van der Waals surface area contributed by atoms with Crippen LogP contribution in [-0.4, -0.2) is 35.8 Å². The maximum atomic E-state index is 12.6. The molecule has 0 bridgehead atoms. The van der Waals surface area contributed by atoms with E-state index in [0.717, 1.165) is 57.9 Å². The molecule has 4 nitrogen and oxygen atoms in total. The fourth-order valence-electron chi connectivity index (χ4n) is 4.39. The third-order valence-electron chi connectivity index (χ3n) is 6.34. The summed E-state index contributed by atoms with van der Waals surface area (Å²) in [5.41, 5.74) is 0. The Kier molecular flexibility index (Phi) is 16.9. The Hall–Kier alpha value is -1.58. The van der Waals surface area contributed by atoms with Gasteiger partial charge in [0, 0.05) is 32.0 Å². The Balaban J connectivity index is 2.07. The quantitative estimate of drug-likeness (QED) is 0.172. The van der Waals surface area contributed by atoms with Crippen LogP contribution in [0, 0.1) is 0 Å². The fourth-order valence-corrected chi connectivity index (χ4v) is 4.39. The van der Waals surface area contributed by atoms with Gasteiger partial charge in [0.05, 0.1) is 0 Å². The lowest BCUT2D eigenvalue weighted by Gasteiger charge is -2.25. The summed E-state index contributed by atoms with van der Waals surface area (Å²) in [6, 6.07) is 0.195. The molecule has 0 aliphatic carbocycles. The molecule has 1 saturated heterocycles. The van der Waals surface area contributed by atoms with Crippen LogP contribution >= 0.6 is 0 Å². The molecule has 1 rings (SSSR count). The molecule has 1 N–H and O–H groups in total. The Bertz CT molecular complexity index is 503. The zero-order valence-electron chi connectivity index (χ0n) is 20.1. The first-order chi connectivity index (χ1) is 15.2. The second-order valence-electron chi connectivity index (χ2n) is 9.08. The number of carbonyl (C=O) groups is 2. The molecule has 0 radical (unpaired) electrons. The Morgan fingerprint density at radius 2 is 1.29 bits per heavy atom. The summed E-state index contributed by atoms with van der Waals surface area (Å²) in [5, 5.41) is 3.08. The lowest BCUT2D eigenvalue weighted by molar-refractivity contribution is -0.132. The SMILES string of the molecule is C=CCCCCCCCCC(=O)NCC1CCCN1C(=O)CCCCCCCCC=C. The average Bonchev–Trinajstić information content (AvgIpc) is 3.24. The van der Waals surface area contributed by atoms with Crippen molar-refractivity contribution in [1.82, 2.24) is 10.2 Å². The summed E-state index contributed by atoms with van der Waals surface area (Å²) in [6.45, 7) is 8.98. The zero-order valence-corrected chi connectivity index (χ0v) is 20.1. The molecule has 1 atom stereocenters. The molecule has 0 aromatic rings. The van der Waals surface area contributed by atoms with E-state index in [-0.39, 0.29) is 17.9 Å². The maximum absolute atomic E-state index is 12.6. The van der Waals surface area contributed by atoms with Crippen LogP contribution in [0.3, 0.4) is 0 Å². The van der Waals surface area contributed by atoms with E-state index >= 15 is 0 Å². The van der Waals surface area contributed by atoms with Crippen LogP contribution in [0.25, 0.3) is 0 Å². The molecular formula is C27H48N2O2. The number of likely N-dealkylation sites (tertiary alicyclic amines) is 1. The number of nitrogens with zero attached hydrogens (tertiary/aromatic N) is 1. The molecular weight excluding hydrogens is 384 g/mol. The van der Waals surface area contributed by atoms with Gasteiger partial charge in [0.2, 0.25) is 11.8 Å². The third-order valence-corrected chi connectivity index (χ3v) is 6.34. The van der Waals surface area contributed by atoms with E-state index in [1.165, 1.54) is 51.4 Å². The predicted molar refractivity (Wildman–Crippen MR) is 132 cm³/mol. The lowest BCUT2D eigenvalue weighted by atomic mass is 10.1. The topological polar surface area (TPSA) is 49.4 Å². The first kappa shape index (κ1) is 27.5. The minimum atomic E-state index is 0.141. The van der Waals surface area contributed by atoms with Crippen LogP contribution in [0.1, 0.15) is 116 Å². The first-order valence-corrected chi connectivity index (χ1v) is 13.0. The molecule has 31 heavy (non-hydrogen) atoms. The van der Waals surface area contributed by atoms with Gasteiger partial charge < -0.3 is 10.2 Å². The number of carbonyl (C=O) groups excluding carboxylic acids is 2. The van der Waals surface area contributed by atoms with Gasteiger partial charge >= 0.3 is 0 Å². The van der Waals surface area contributed by atoms with Gasteiger partial charge in [-0.3, -0.25) is 9.59 Å². The van der Waals surface area contributed by atoms with Gasteiger partial charge in [0.15, 0.2) is 0 Å². The standard InChI is InChI=1S/C27H48N2O2/c1-3-5-7-9-11-13-15-17-21-26(30)28-24-25-20-19-23-29(25)27(31)22-18-16-14-12-10-8-6-4-2/h3-4,25H,1-2,5-24H2,(H,28,30). The number of allylic oxidation sites excluding steroid dienone is 2. The highest BCUT2D eigenvalue weighted by Gasteiger charge is 2.28. The van der Waals surface area contributed by atoms with E-state index in [4.69, 9.17) is 0 Å². The molecule has 1 heterocycles. The highest BCUT2D eigenvalue weighted by atomic mass is 16.2. The summed E-state index contributed by atoms with van der Waals surface area (Å²) >= 11 is 0. The summed E-state index contributed by atoms with van der Waals surface area (Å²) < 4.78 is 0. The fraction of sp³-hybridized carbons (Fsp3) is 0.778. The molecule has 1 aliphatic rings. The van der Waals surface area contributed by atoms with Crippen LogP contribution in [0.15, 0.2) is 25.3 Å². The Morgan fingerprint density at radius 3 is 1.87 bits per heavy atom. The molecule has 1 fully saturated rings. The number of amides is 2. The molecule has 0 aromatic carbocycles. The zero-order chi connectivity index (χ0) is 22.6. The molecule has 1 aliphatic heterocycles. The smallest absolute Gasteiger partial charge is 0.222 e. The van der Waals surface area contributed by atoms with Crippen molar-refractivity contribution in [1.29, 1.82) is 0 Å². The molecule has 2 amide bonds. The van der Waals surface area contributed by atoms with Gasteiger partial charge in [-0.15, -0.1) is 13.2 Å². The van der Waals surface area contributed by atoms with E-state index < -0.39 is 0 Å². The van der Waals surface area contributed by atoms with Gasteiger partial charge in [-0.2, -0.15) is 0 Å². The molecule has 0 spiro atoms. The summed E-state index contributed by atoms with van der Waals surface area (Å²) in [6.07, 6.45) is 23.7. The molecule has 1 unspecified atom stereocenters. The Morgan fingerprint density at radius 1 is 0.774 bits per heavy atom. The van der Waals surface area contributed by atoms with Crippen molar-refractivity contribution in [3.63, 3.8) is 0 Å². The minimum Gasteiger partial charge on any atom is -0.354 e. The number of unbranched alkanes of at least 4 members (excludes halogenated alkanes) is 12. The highest BCUT2D eigenvalue weighted by Crippen LogP contribution is 2.19. The third kappa shape index (κ3) is 14.2. The number of nitrogens with one attached hydrogen (secondary N) is 1. The monoisotopic (exact) mass is 432 g/mol. The van der Waals surface area contributed by atoms with Crippen molar-refractivity contribution in [3.8, 4) is 0 Å². The molecule has 0 aromatic heterocycles. The normalized spacial score (nSPS) is 15.7. The minimum absolute atomic E-state index is 0.141. The maximum Gasteiger partial charge on any atom is 0.222 e. The highest BCUT2D eigenvalue weighted by molar-refractivity contribution is 5.77. The summed E-state index contributed by atoms with van der Waals surface area (Å²) in [5.74, 6) is 0.419. The first-order valence-electron chi connectivity index (χ1n) is 13.0. The van der Waals surface area contributed by atoms with Crippen LogP contribution in [-0.2, 0) is 9.59 Å². The van der Waals surface area contributed by atoms with Crippen molar-refractivity contribution in [2.75, 3.05) is 13.1 Å². The van der Waals surface area contributed by atoms with Crippen LogP contribution in [0.5, 0.6) is 0 Å². The van der Waals surface area contributed by atoms with Crippen LogP contribution < -0.4 is 5.32 Å². The van der Waals surface area contributed by atoms with Gasteiger partial charge in [-0.25, -0.2) is 0 Å². The average molecular weight is 433 g/mol. The van der Waals surface area contributed by atoms with E-state index in [1.807, 2.05) is 17.1 Å². The van der Waals surface area contributed by atoms with E-state index in [1.54, 1.807) is 0 Å². The molecule has 178 valence electrons. The van der Waals surface area contributed by atoms with E-state index in [2.05, 4.69) is 18.5 Å². The van der Waals surface area contributed by atoms with E-state index in [0.29, 0.717) is 19.4 Å². The van der Waals surface area contributed by atoms with Gasteiger partial charge in [-0.05, 0) is 51.4 Å². The molecule has 4 heteroatoms. The predicted octanol–water partition coefficient (Wildman–Crippen LogP) is 6.71. The van der Waals surface area contributed by atoms with Crippen molar-refractivity contribution >= 4 is 11.8 Å². The van der Waals surface area contributed by atoms with E-state index in [9.17, 15) is 9.59 Å². The number of hydrogen-bond acceptors (Lipinski definition) is 2. The second-order valence-corrected chi connectivity index (χ2v) is 9.08. The van der Waals surface area contributed by atoms with Gasteiger partial charge in [0.1, 0.15) is 0 Å². The summed E-state index contributed by atoms with van der Waals surface area (Å²) in [7, 11) is 0. The number of rotatable bonds is 20. The second kappa shape index (κ2) is 19.1.